The number of aliphatic hydroxyl groups excluding tert-OH is 1. The summed E-state index contributed by atoms with van der Waals surface area (Å²) in [6.45, 7) is 9.64. The second kappa shape index (κ2) is 10.3. The van der Waals surface area contributed by atoms with Gasteiger partial charge in [-0.3, -0.25) is 0 Å². The van der Waals surface area contributed by atoms with Crippen LogP contribution in [0, 0.1) is 0 Å². The molecule has 2 aromatic rings. The highest BCUT2D eigenvalue weighted by Crippen LogP contribution is 2.32. The van der Waals surface area contributed by atoms with Gasteiger partial charge in [0.1, 0.15) is 11.9 Å². The fraction of sp³-hybridized carbons (Fsp3) is 0.667. The van der Waals surface area contributed by atoms with Gasteiger partial charge in [0, 0.05) is 6.54 Å². The van der Waals surface area contributed by atoms with Crippen LogP contribution in [0.1, 0.15) is 70.4 Å². The molecule has 0 bridgehead atoms. The SMILES string of the molecule is CCCCN(CCCC)CCCn1c(C(C)O)nc2cc(C(F)(F)F)ccc21. The zero-order valence-corrected chi connectivity index (χ0v) is 17.1. The average molecular weight is 400 g/mol. The van der Waals surface area contributed by atoms with Crippen LogP contribution in [0.4, 0.5) is 13.2 Å². The van der Waals surface area contributed by atoms with Crippen LogP contribution < -0.4 is 0 Å². The molecule has 0 amide bonds. The van der Waals surface area contributed by atoms with Gasteiger partial charge in [-0.05, 0) is 64.0 Å². The Morgan fingerprint density at radius 3 is 2.21 bits per heavy atom. The normalized spacial score (nSPS) is 13.6. The molecule has 0 radical (unpaired) electrons. The van der Waals surface area contributed by atoms with Crippen LogP contribution in [0.25, 0.3) is 11.0 Å². The van der Waals surface area contributed by atoms with Crippen molar-refractivity contribution in [2.75, 3.05) is 19.6 Å². The van der Waals surface area contributed by atoms with Crippen LogP contribution in [-0.2, 0) is 12.7 Å². The maximum Gasteiger partial charge on any atom is 0.416 e. The van der Waals surface area contributed by atoms with Gasteiger partial charge >= 0.3 is 6.18 Å². The van der Waals surface area contributed by atoms with E-state index in [0.29, 0.717) is 17.9 Å². The van der Waals surface area contributed by atoms with Crippen molar-refractivity contribution in [1.29, 1.82) is 0 Å². The molecule has 1 N–H and O–H groups in total. The Bertz CT molecular complexity index is 732. The van der Waals surface area contributed by atoms with Crippen molar-refractivity contribution in [1.82, 2.24) is 14.5 Å². The Balaban J connectivity index is 2.16. The molecule has 0 spiro atoms. The molecule has 0 aliphatic heterocycles. The van der Waals surface area contributed by atoms with Crippen molar-refractivity contribution in [3.05, 3.63) is 29.6 Å². The van der Waals surface area contributed by atoms with Gasteiger partial charge in [0.05, 0.1) is 16.6 Å². The Kier molecular flexibility index (Phi) is 8.31. The number of unbranched alkanes of at least 4 members (excludes halogenated alkanes) is 2. The third kappa shape index (κ3) is 5.95. The van der Waals surface area contributed by atoms with Crippen molar-refractivity contribution in [2.24, 2.45) is 0 Å². The predicted octanol–water partition coefficient (Wildman–Crippen LogP) is 5.40. The highest BCUT2D eigenvalue weighted by molar-refractivity contribution is 5.77. The molecule has 0 aliphatic rings. The van der Waals surface area contributed by atoms with E-state index in [2.05, 4.69) is 23.7 Å². The van der Waals surface area contributed by atoms with Crippen LogP contribution in [0.2, 0.25) is 0 Å². The van der Waals surface area contributed by atoms with Crippen LogP contribution in [-0.4, -0.2) is 39.2 Å². The van der Waals surface area contributed by atoms with E-state index in [1.54, 1.807) is 6.92 Å². The van der Waals surface area contributed by atoms with Crippen molar-refractivity contribution >= 4 is 11.0 Å². The molecule has 1 heterocycles. The number of fused-ring (bicyclic) bond motifs is 1. The van der Waals surface area contributed by atoms with E-state index >= 15 is 0 Å². The largest absolute Gasteiger partial charge is 0.416 e. The number of nitrogens with zero attached hydrogens (tertiary/aromatic N) is 3. The molecule has 7 heteroatoms. The van der Waals surface area contributed by atoms with Gasteiger partial charge in [0.2, 0.25) is 0 Å². The lowest BCUT2D eigenvalue weighted by Gasteiger charge is -2.22. The molecule has 1 aromatic carbocycles. The van der Waals surface area contributed by atoms with E-state index in [9.17, 15) is 18.3 Å². The number of aryl methyl sites for hydroxylation is 1. The second-order valence-corrected chi connectivity index (χ2v) is 7.40. The monoisotopic (exact) mass is 399 g/mol. The number of halogens is 3. The standard InChI is InChI=1S/C21H32F3N3O/c1-4-6-11-26(12-7-5-2)13-8-14-27-19-10-9-17(21(22,23)24)15-18(19)25-20(27)16(3)28/h9-10,15-16,28H,4-8,11-14H2,1-3H3. The highest BCUT2D eigenvalue weighted by Gasteiger charge is 2.31. The third-order valence-corrected chi connectivity index (χ3v) is 4.99. The Morgan fingerprint density at radius 2 is 1.68 bits per heavy atom. The predicted molar refractivity (Wildman–Crippen MR) is 106 cm³/mol. The van der Waals surface area contributed by atoms with E-state index in [4.69, 9.17) is 0 Å². The first-order valence-corrected chi connectivity index (χ1v) is 10.3. The second-order valence-electron chi connectivity index (χ2n) is 7.40. The molecule has 2 rings (SSSR count). The zero-order valence-electron chi connectivity index (χ0n) is 17.1. The number of alkyl halides is 3. The molecule has 0 aliphatic carbocycles. The van der Waals surface area contributed by atoms with Crippen LogP contribution in [0.3, 0.4) is 0 Å². The van der Waals surface area contributed by atoms with Crippen molar-refractivity contribution in [2.45, 2.75) is 71.7 Å². The smallest absolute Gasteiger partial charge is 0.385 e. The number of hydrogen-bond donors (Lipinski definition) is 1. The molecule has 1 unspecified atom stereocenters. The zero-order chi connectivity index (χ0) is 20.7. The number of imidazole rings is 1. The van der Waals surface area contributed by atoms with Crippen LogP contribution in [0.15, 0.2) is 18.2 Å². The summed E-state index contributed by atoms with van der Waals surface area (Å²) in [7, 11) is 0. The molecule has 28 heavy (non-hydrogen) atoms. The van der Waals surface area contributed by atoms with Crippen molar-refractivity contribution < 1.29 is 18.3 Å². The van der Waals surface area contributed by atoms with Gasteiger partial charge in [-0.25, -0.2) is 4.98 Å². The van der Waals surface area contributed by atoms with Gasteiger partial charge in [0.15, 0.2) is 0 Å². The van der Waals surface area contributed by atoms with Crippen molar-refractivity contribution in [3.63, 3.8) is 0 Å². The molecular formula is C21H32F3N3O. The molecular weight excluding hydrogens is 367 g/mol. The van der Waals surface area contributed by atoms with Gasteiger partial charge in [-0.2, -0.15) is 13.2 Å². The molecule has 158 valence electrons. The summed E-state index contributed by atoms with van der Waals surface area (Å²) in [4.78, 5) is 6.74. The van der Waals surface area contributed by atoms with E-state index < -0.39 is 17.8 Å². The minimum absolute atomic E-state index is 0.277. The summed E-state index contributed by atoms with van der Waals surface area (Å²) in [5.74, 6) is 0.419. The maximum absolute atomic E-state index is 13.0. The Hall–Kier alpha value is -1.60. The van der Waals surface area contributed by atoms with E-state index in [1.165, 1.54) is 6.07 Å². The summed E-state index contributed by atoms with van der Waals surface area (Å²) in [5, 5.41) is 10.1. The van der Waals surface area contributed by atoms with Gasteiger partial charge in [-0.1, -0.05) is 26.7 Å². The summed E-state index contributed by atoms with van der Waals surface area (Å²) >= 11 is 0. The maximum atomic E-state index is 13.0. The van der Waals surface area contributed by atoms with Crippen LogP contribution in [0.5, 0.6) is 0 Å². The minimum Gasteiger partial charge on any atom is -0.385 e. The number of benzene rings is 1. The molecule has 0 saturated carbocycles. The Labute approximate surface area is 165 Å². The fourth-order valence-corrected chi connectivity index (χ4v) is 3.43. The first kappa shape index (κ1) is 22.7. The Morgan fingerprint density at radius 1 is 1.07 bits per heavy atom. The minimum atomic E-state index is -4.40. The van der Waals surface area contributed by atoms with Crippen LogP contribution >= 0.6 is 0 Å². The van der Waals surface area contributed by atoms with E-state index in [-0.39, 0.29) is 5.52 Å². The fourth-order valence-electron chi connectivity index (χ4n) is 3.43. The highest BCUT2D eigenvalue weighted by atomic mass is 19.4. The summed E-state index contributed by atoms with van der Waals surface area (Å²) < 4.78 is 40.8. The molecule has 1 aromatic heterocycles. The summed E-state index contributed by atoms with van der Waals surface area (Å²) in [6.07, 6.45) is 0.262. The topological polar surface area (TPSA) is 41.3 Å². The first-order chi connectivity index (χ1) is 13.3. The average Bonchev–Trinajstić information content (AvgIpc) is 3.01. The number of hydrogen-bond acceptors (Lipinski definition) is 3. The van der Waals surface area contributed by atoms with Gasteiger partial charge in [-0.15, -0.1) is 0 Å². The number of rotatable bonds is 11. The number of aromatic nitrogens is 2. The van der Waals surface area contributed by atoms with Gasteiger partial charge in [0.25, 0.3) is 0 Å². The summed E-state index contributed by atoms with van der Waals surface area (Å²) in [5.41, 5.74) is 0.198. The summed E-state index contributed by atoms with van der Waals surface area (Å²) in [6, 6.07) is 3.61. The number of aliphatic hydroxyl groups is 1. The molecule has 0 saturated heterocycles. The lowest BCUT2D eigenvalue weighted by Crippen LogP contribution is -2.28. The molecule has 1 atom stereocenters. The molecule has 0 fully saturated rings. The third-order valence-electron chi connectivity index (χ3n) is 4.99. The van der Waals surface area contributed by atoms with Gasteiger partial charge < -0.3 is 14.6 Å². The lowest BCUT2D eigenvalue weighted by molar-refractivity contribution is -0.137. The lowest BCUT2D eigenvalue weighted by atomic mass is 10.2. The molecule has 4 nitrogen and oxygen atoms in total. The van der Waals surface area contributed by atoms with Crippen molar-refractivity contribution in [3.8, 4) is 0 Å². The van der Waals surface area contributed by atoms with E-state index in [0.717, 1.165) is 63.9 Å². The first-order valence-electron chi connectivity index (χ1n) is 10.3. The van der Waals surface area contributed by atoms with E-state index in [1.807, 2.05) is 4.57 Å². The quantitative estimate of drug-likeness (QED) is 0.550.